The highest BCUT2D eigenvalue weighted by molar-refractivity contribution is 4.91. The first-order valence-electron chi connectivity index (χ1n) is 4.99. The van der Waals surface area contributed by atoms with Crippen molar-refractivity contribution in [3.05, 3.63) is 11.9 Å². The summed E-state index contributed by atoms with van der Waals surface area (Å²) in [6.45, 7) is 4.01. The Kier molecular flexibility index (Phi) is 5.23. The van der Waals surface area contributed by atoms with E-state index in [1.807, 2.05) is 13.1 Å². The molecule has 6 heteroatoms. The highest BCUT2D eigenvalue weighted by Crippen LogP contribution is 1.93. The first-order chi connectivity index (χ1) is 7.26. The molecule has 1 rings (SSSR count). The summed E-state index contributed by atoms with van der Waals surface area (Å²) in [5.74, 6) is 0. The van der Waals surface area contributed by atoms with Gasteiger partial charge in [0.2, 0.25) is 0 Å². The number of aliphatic hydroxyl groups excluding tert-OH is 1. The van der Waals surface area contributed by atoms with Gasteiger partial charge >= 0.3 is 0 Å². The topological polar surface area (TPSA) is 72.2 Å². The van der Waals surface area contributed by atoms with Crippen molar-refractivity contribution in [3.8, 4) is 0 Å². The van der Waals surface area contributed by atoms with Gasteiger partial charge in [-0.25, -0.2) is 4.68 Å². The summed E-state index contributed by atoms with van der Waals surface area (Å²) in [7, 11) is 1.68. The van der Waals surface area contributed by atoms with Crippen LogP contribution in [0.25, 0.3) is 0 Å². The van der Waals surface area contributed by atoms with Crippen LogP contribution in [0.2, 0.25) is 0 Å². The van der Waals surface area contributed by atoms with Crippen molar-refractivity contribution in [3.63, 3.8) is 0 Å². The van der Waals surface area contributed by atoms with Crippen molar-refractivity contribution < 1.29 is 9.84 Å². The third-order valence-electron chi connectivity index (χ3n) is 2.06. The predicted molar refractivity (Wildman–Crippen MR) is 55.3 cm³/mol. The maximum absolute atomic E-state index is 8.69. The zero-order chi connectivity index (χ0) is 11.1. The van der Waals surface area contributed by atoms with Gasteiger partial charge < -0.3 is 15.2 Å². The van der Waals surface area contributed by atoms with E-state index in [1.165, 1.54) is 0 Å². The van der Waals surface area contributed by atoms with Crippen LogP contribution in [-0.4, -0.2) is 46.5 Å². The molecule has 0 amide bonds. The molecule has 0 aliphatic heterocycles. The first-order valence-corrected chi connectivity index (χ1v) is 4.99. The molecule has 0 saturated carbocycles. The van der Waals surface area contributed by atoms with Crippen LogP contribution >= 0.6 is 0 Å². The third kappa shape index (κ3) is 4.37. The van der Waals surface area contributed by atoms with E-state index in [9.17, 15) is 0 Å². The van der Waals surface area contributed by atoms with Crippen molar-refractivity contribution in [1.29, 1.82) is 0 Å². The summed E-state index contributed by atoms with van der Waals surface area (Å²) in [5.41, 5.74) is 0.867. The number of aromatic nitrogens is 3. The number of methoxy groups -OCH3 is 1. The lowest BCUT2D eigenvalue weighted by molar-refractivity contribution is 0.117. The van der Waals surface area contributed by atoms with E-state index in [1.54, 1.807) is 11.8 Å². The Hall–Kier alpha value is -0.980. The summed E-state index contributed by atoms with van der Waals surface area (Å²) in [6, 6.07) is 0. The van der Waals surface area contributed by atoms with E-state index >= 15 is 0 Å². The van der Waals surface area contributed by atoms with Gasteiger partial charge in [0, 0.05) is 26.4 Å². The molecule has 0 spiro atoms. The maximum atomic E-state index is 8.69. The van der Waals surface area contributed by atoms with Crippen LogP contribution in [0.15, 0.2) is 6.20 Å². The molecular weight excluding hydrogens is 196 g/mol. The molecule has 0 aliphatic carbocycles. The molecule has 1 heterocycles. The molecule has 15 heavy (non-hydrogen) atoms. The molecule has 0 radical (unpaired) electrons. The number of rotatable bonds is 7. The quantitative estimate of drug-likeness (QED) is 0.634. The average Bonchev–Trinajstić information content (AvgIpc) is 2.66. The van der Waals surface area contributed by atoms with Crippen molar-refractivity contribution >= 4 is 0 Å². The normalized spacial score (nSPS) is 13.0. The van der Waals surface area contributed by atoms with E-state index < -0.39 is 0 Å². The number of nitrogens with one attached hydrogen (secondary N) is 1. The molecule has 6 nitrogen and oxygen atoms in total. The number of aliphatic hydroxyl groups is 1. The van der Waals surface area contributed by atoms with E-state index in [2.05, 4.69) is 15.6 Å². The fourth-order valence-electron chi connectivity index (χ4n) is 1.12. The lowest BCUT2D eigenvalue weighted by Gasteiger charge is -2.08. The minimum absolute atomic E-state index is 0.0803. The van der Waals surface area contributed by atoms with Gasteiger partial charge in [0.25, 0.3) is 0 Å². The second kappa shape index (κ2) is 6.49. The Morgan fingerprint density at radius 2 is 2.47 bits per heavy atom. The molecule has 1 unspecified atom stereocenters. The molecule has 0 fully saturated rings. The van der Waals surface area contributed by atoms with Crippen LogP contribution in [0.5, 0.6) is 0 Å². The maximum Gasteiger partial charge on any atom is 0.0964 e. The SMILES string of the molecule is COC(C)CNCc1cn(CCO)nn1. The zero-order valence-corrected chi connectivity index (χ0v) is 9.18. The summed E-state index contributed by atoms with van der Waals surface area (Å²) >= 11 is 0. The van der Waals surface area contributed by atoms with Crippen molar-refractivity contribution in [2.45, 2.75) is 26.1 Å². The highest BCUT2D eigenvalue weighted by Gasteiger charge is 2.01. The lowest BCUT2D eigenvalue weighted by atomic mass is 10.4. The molecule has 0 aliphatic rings. The molecular formula is C9H18N4O2. The fourth-order valence-corrected chi connectivity index (χ4v) is 1.12. The Morgan fingerprint density at radius 3 is 3.13 bits per heavy atom. The summed E-state index contributed by atoms with van der Waals surface area (Å²) in [6.07, 6.45) is 2.01. The molecule has 0 saturated heterocycles. The van der Waals surface area contributed by atoms with E-state index in [0.29, 0.717) is 13.1 Å². The monoisotopic (exact) mass is 214 g/mol. The molecule has 1 aromatic heterocycles. The van der Waals surface area contributed by atoms with Crippen LogP contribution in [0.3, 0.4) is 0 Å². The molecule has 86 valence electrons. The summed E-state index contributed by atoms with van der Waals surface area (Å²) in [5, 5.41) is 19.7. The van der Waals surface area contributed by atoms with E-state index in [0.717, 1.165) is 12.2 Å². The van der Waals surface area contributed by atoms with Gasteiger partial charge in [-0.2, -0.15) is 0 Å². The van der Waals surface area contributed by atoms with Crippen molar-refractivity contribution in [2.24, 2.45) is 0 Å². The average molecular weight is 214 g/mol. The molecule has 2 N–H and O–H groups in total. The highest BCUT2D eigenvalue weighted by atomic mass is 16.5. The number of hydrogen-bond acceptors (Lipinski definition) is 5. The Labute approximate surface area is 89.2 Å². The molecule has 1 aromatic rings. The van der Waals surface area contributed by atoms with Gasteiger partial charge in [-0.05, 0) is 6.92 Å². The molecule has 1 atom stereocenters. The zero-order valence-electron chi connectivity index (χ0n) is 9.18. The predicted octanol–water partition coefficient (Wildman–Crippen LogP) is -0.605. The minimum atomic E-state index is 0.0803. The van der Waals surface area contributed by atoms with Crippen LogP contribution in [-0.2, 0) is 17.8 Å². The second-order valence-electron chi connectivity index (χ2n) is 3.37. The van der Waals surface area contributed by atoms with Crippen LogP contribution in [0, 0.1) is 0 Å². The van der Waals surface area contributed by atoms with E-state index in [4.69, 9.17) is 9.84 Å². The minimum Gasteiger partial charge on any atom is -0.394 e. The fraction of sp³-hybridized carbons (Fsp3) is 0.778. The van der Waals surface area contributed by atoms with Crippen LogP contribution in [0.4, 0.5) is 0 Å². The molecule has 0 aromatic carbocycles. The van der Waals surface area contributed by atoms with Gasteiger partial charge in [0.15, 0.2) is 0 Å². The van der Waals surface area contributed by atoms with E-state index in [-0.39, 0.29) is 12.7 Å². The number of nitrogens with zero attached hydrogens (tertiary/aromatic N) is 3. The summed E-state index contributed by atoms with van der Waals surface area (Å²) < 4.78 is 6.72. The van der Waals surface area contributed by atoms with Gasteiger partial charge in [0.1, 0.15) is 0 Å². The van der Waals surface area contributed by atoms with Gasteiger partial charge in [-0.1, -0.05) is 5.21 Å². The van der Waals surface area contributed by atoms with Crippen LogP contribution in [0.1, 0.15) is 12.6 Å². The van der Waals surface area contributed by atoms with Gasteiger partial charge in [-0.3, -0.25) is 0 Å². The summed E-state index contributed by atoms with van der Waals surface area (Å²) in [4.78, 5) is 0. The Morgan fingerprint density at radius 1 is 1.67 bits per heavy atom. The van der Waals surface area contributed by atoms with Crippen molar-refractivity contribution in [1.82, 2.24) is 20.3 Å². The van der Waals surface area contributed by atoms with Crippen LogP contribution < -0.4 is 5.32 Å². The standard InChI is InChI=1S/C9H18N4O2/c1-8(15-2)5-10-6-9-7-13(3-4-14)12-11-9/h7-8,10,14H,3-6H2,1-2H3. The largest absolute Gasteiger partial charge is 0.394 e. The molecule has 0 bridgehead atoms. The smallest absolute Gasteiger partial charge is 0.0964 e. The van der Waals surface area contributed by atoms with Gasteiger partial charge in [0.05, 0.1) is 24.9 Å². The Bertz CT molecular complexity index is 277. The number of ether oxygens (including phenoxy) is 1. The van der Waals surface area contributed by atoms with Crippen molar-refractivity contribution in [2.75, 3.05) is 20.3 Å². The lowest BCUT2D eigenvalue weighted by Crippen LogP contribution is -2.25. The second-order valence-corrected chi connectivity index (χ2v) is 3.37. The first kappa shape index (κ1) is 12.1. The Balaban J connectivity index is 2.25. The van der Waals surface area contributed by atoms with Gasteiger partial charge in [-0.15, -0.1) is 5.10 Å². The number of hydrogen-bond donors (Lipinski definition) is 2. The third-order valence-corrected chi connectivity index (χ3v) is 2.06.